The molecule has 5 aromatic rings. The van der Waals surface area contributed by atoms with E-state index in [9.17, 15) is 4.79 Å². The maximum absolute atomic E-state index is 12.6. The highest BCUT2D eigenvalue weighted by Crippen LogP contribution is 2.28. The van der Waals surface area contributed by atoms with Gasteiger partial charge in [-0.2, -0.15) is 5.10 Å². The number of amides is 1. The minimum atomic E-state index is -0.298. The molecule has 0 radical (unpaired) electrons. The summed E-state index contributed by atoms with van der Waals surface area (Å²) < 4.78 is 11.7. The highest BCUT2D eigenvalue weighted by atomic mass is 16.5. The lowest BCUT2D eigenvalue weighted by Crippen LogP contribution is -2.17. The molecule has 1 amide bonds. The molecular weight excluding hydrogens is 448 g/mol. The third-order valence-electron chi connectivity index (χ3n) is 5.98. The fourth-order valence-electron chi connectivity index (χ4n) is 4.20. The average Bonchev–Trinajstić information content (AvgIpc) is 2.93. The molecule has 36 heavy (non-hydrogen) atoms. The van der Waals surface area contributed by atoms with Crippen molar-refractivity contribution in [3.63, 3.8) is 0 Å². The molecule has 0 saturated carbocycles. The molecule has 5 nitrogen and oxygen atoms in total. The van der Waals surface area contributed by atoms with Gasteiger partial charge in [0.2, 0.25) is 0 Å². The molecule has 0 aromatic heterocycles. The molecule has 1 N–H and O–H groups in total. The van der Waals surface area contributed by atoms with Crippen molar-refractivity contribution in [1.82, 2.24) is 5.43 Å². The van der Waals surface area contributed by atoms with Gasteiger partial charge in [-0.25, -0.2) is 5.43 Å². The van der Waals surface area contributed by atoms with Crippen LogP contribution in [-0.4, -0.2) is 18.7 Å². The summed E-state index contributed by atoms with van der Waals surface area (Å²) >= 11 is 0. The van der Waals surface area contributed by atoms with E-state index in [0.717, 1.165) is 27.6 Å². The van der Waals surface area contributed by atoms with Gasteiger partial charge in [0.15, 0.2) is 0 Å². The van der Waals surface area contributed by atoms with Crippen molar-refractivity contribution in [2.75, 3.05) is 6.61 Å². The molecular formula is C31H26N2O3. The van der Waals surface area contributed by atoms with Gasteiger partial charge in [0, 0.05) is 11.1 Å². The van der Waals surface area contributed by atoms with Crippen molar-refractivity contribution in [3.8, 4) is 11.5 Å². The maximum atomic E-state index is 12.6. The summed E-state index contributed by atoms with van der Waals surface area (Å²) in [4.78, 5) is 12.6. The van der Waals surface area contributed by atoms with Crippen LogP contribution < -0.4 is 14.9 Å². The summed E-state index contributed by atoms with van der Waals surface area (Å²) in [5, 5.41) is 8.66. The van der Waals surface area contributed by atoms with E-state index in [4.69, 9.17) is 9.47 Å². The molecule has 5 heteroatoms. The first-order chi connectivity index (χ1) is 17.7. The quantitative estimate of drug-likeness (QED) is 0.200. The van der Waals surface area contributed by atoms with Crippen LogP contribution in [0.1, 0.15) is 28.4 Å². The first-order valence-electron chi connectivity index (χ1n) is 11.9. The molecule has 0 aliphatic rings. The molecule has 0 fully saturated rings. The molecule has 0 atom stereocenters. The topological polar surface area (TPSA) is 59.9 Å². The number of hydrogen-bond donors (Lipinski definition) is 1. The number of nitrogens with one attached hydrogen (secondary N) is 1. The second-order valence-corrected chi connectivity index (χ2v) is 8.28. The third kappa shape index (κ3) is 5.05. The van der Waals surface area contributed by atoms with Crippen LogP contribution in [0.15, 0.2) is 108 Å². The molecule has 0 spiro atoms. The van der Waals surface area contributed by atoms with E-state index in [0.29, 0.717) is 24.5 Å². The second-order valence-electron chi connectivity index (χ2n) is 8.28. The van der Waals surface area contributed by atoms with Crippen LogP contribution in [0, 0.1) is 0 Å². The van der Waals surface area contributed by atoms with E-state index in [-0.39, 0.29) is 5.91 Å². The predicted octanol–water partition coefficient (Wildman–Crippen LogP) is 6.73. The summed E-state index contributed by atoms with van der Waals surface area (Å²) in [6.07, 6.45) is 1.65. The monoisotopic (exact) mass is 474 g/mol. The van der Waals surface area contributed by atoms with Crippen LogP contribution in [0.4, 0.5) is 0 Å². The van der Waals surface area contributed by atoms with Gasteiger partial charge in [0.1, 0.15) is 18.1 Å². The van der Waals surface area contributed by atoms with Crippen molar-refractivity contribution in [2.24, 2.45) is 5.10 Å². The zero-order chi connectivity index (χ0) is 24.7. The van der Waals surface area contributed by atoms with Crippen LogP contribution in [0.2, 0.25) is 0 Å². The molecule has 0 unspecified atom stereocenters. The number of benzene rings is 5. The number of rotatable bonds is 8. The number of fused-ring (bicyclic) bond motifs is 2. The molecule has 5 rings (SSSR count). The number of carbonyl (C=O) groups is 1. The summed E-state index contributed by atoms with van der Waals surface area (Å²) in [5.41, 5.74) is 5.03. The van der Waals surface area contributed by atoms with Gasteiger partial charge in [-0.1, -0.05) is 72.8 Å². The SMILES string of the molecule is CCOc1ccc(C(=O)N/N=C\c2c(OCc3cccc4ccccc34)ccc3ccccc23)cc1. The minimum absolute atomic E-state index is 0.298. The highest BCUT2D eigenvalue weighted by molar-refractivity contribution is 6.03. The molecule has 178 valence electrons. The highest BCUT2D eigenvalue weighted by Gasteiger charge is 2.10. The Kier molecular flexibility index (Phi) is 6.90. The minimum Gasteiger partial charge on any atom is -0.494 e. The Labute approximate surface area is 210 Å². The van der Waals surface area contributed by atoms with Gasteiger partial charge in [0.25, 0.3) is 5.91 Å². The number of hydrogen-bond acceptors (Lipinski definition) is 4. The normalized spacial score (nSPS) is 11.1. The number of carbonyl (C=O) groups excluding carboxylic acids is 1. The van der Waals surface area contributed by atoms with E-state index in [1.54, 1.807) is 30.5 Å². The second kappa shape index (κ2) is 10.7. The summed E-state index contributed by atoms with van der Waals surface area (Å²) in [5.74, 6) is 1.12. The van der Waals surface area contributed by atoms with Gasteiger partial charge in [-0.15, -0.1) is 0 Å². The molecule has 0 aliphatic heterocycles. The summed E-state index contributed by atoms with van der Waals surface area (Å²) in [6.45, 7) is 2.91. The van der Waals surface area contributed by atoms with Crippen molar-refractivity contribution >= 4 is 33.7 Å². The number of nitrogens with zero attached hydrogens (tertiary/aromatic N) is 1. The standard InChI is InChI=1S/C31H26N2O3/c1-2-35-26-17-14-24(15-18-26)31(34)33-32-20-29-28-13-6-4-9-23(28)16-19-30(29)36-21-25-11-7-10-22-8-3-5-12-27(22)25/h3-20H,2,21H2,1H3,(H,33,34)/b32-20-. The Hall–Kier alpha value is -4.64. The van der Waals surface area contributed by atoms with Crippen LogP contribution in [-0.2, 0) is 6.61 Å². The molecule has 0 heterocycles. The largest absolute Gasteiger partial charge is 0.494 e. The van der Waals surface area contributed by atoms with E-state index in [1.807, 2.05) is 61.5 Å². The summed E-state index contributed by atoms with van der Waals surface area (Å²) in [7, 11) is 0. The van der Waals surface area contributed by atoms with Crippen molar-refractivity contribution in [3.05, 3.63) is 120 Å². The van der Waals surface area contributed by atoms with Gasteiger partial charge in [-0.3, -0.25) is 4.79 Å². The Morgan fingerprint density at radius 1 is 0.778 bits per heavy atom. The van der Waals surface area contributed by atoms with Crippen molar-refractivity contribution in [2.45, 2.75) is 13.5 Å². The lowest BCUT2D eigenvalue weighted by Gasteiger charge is -2.13. The molecule has 5 aromatic carbocycles. The Morgan fingerprint density at radius 3 is 2.25 bits per heavy atom. The zero-order valence-electron chi connectivity index (χ0n) is 20.0. The van der Waals surface area contributed by atoms with Gasteiger partial charge < -0.3 is 9.47 Å². The fraction of sp³-hybridized carbons (Fsp3) is 0.0968. The van der Waals surface area contributed by atoms with E-state index >= 15 is 0 Å². The number of ether oxygens (including phenoxy) is 2. The van der Waals surface area contributed by atoms with Gasteiger partial charge in [0.05, 0.1) is 12.8 Å². The fourth-order valence-corrected chi connectivity index (χ4v) is 4.20. The Balaban J connectivity index is 1.38. The molecule has 0 bridgehead atoms. The van der Waals surface area contributed by atoms with E-state index < -0.39 is 0 Å². The maximum Gasteiger partial charge on any atom is 0.271 e. The van der Waals surface area contributed by atoms with Crippen LogP contribution in [0.5, 0.6) is 11.5 Å². The van der Waals surface area contributed by atoms with Crippen molar-refractivity contribution < 1.29 is 14.3 Å². The first kappa shape index (κ1) is 23.1. The average molecular weight is 475 g/mol. The van der Waals surface area contributed by atoms with Crippen LogP contribution >= 0.6 is 0 Å². The Bertz CT molecular complexity index is 1540. The third-order valence-corrected chi connectivity index (χ3v) is 5.98. The summed E-state index contributed by atoms with van der Waals surface area (Å²) in [6, 6.07) is 33.5. The van der Waals surface area contributed by atoms with E-state index in [2.05, 4.69) is 34.8 Å². The predicted molar refractivity (Wildman–Crippen MR) is 145 cm³/mol. The molecule has 0 saturated heterocycles. The van der Waals surface area contributed by atoms with Gasteiger partial charge in [-0.05, 0) is 64.4 Å². The molecule has 0 aliphatic carbocycles. The van der Waals surface area contributed by atoms with Gasteiger partial charge >= 0.3 is 0 Å². The zero-order valence-corrected chi connectivity index (χ0v) is 20.0. The lowest BCUT2D eigenvalue weighted by molar-refractivity contribution is 0.0955. The smallest absolute Gasteiger partial charge is 0.271 e. The van der Waals surface area contributed by atoms with Crippen molar-refractivity contribution in [1.29, 1.82) is 0 Å². The van der Waals surface area contributed by atoms with E-state index in [1.165, 1.54) is 10.8 Å². The van der Waals surface area contributed by atoms with Crippen LogP contribution in [0.3, 0.4) is 0 Å². The Morgan fingerprint density at radius 2 is 1.47 bits per heavy atom. The lowest BCUT2D eigenvalue weighted by atomic mass is 10.0. The number of hydrazone groups is 1. The van der Waals surface area contributed by atoms with Crippen LogP contribution in [0.25, 0.3) is 21.5 Å². The first-order valence-corrected chi connectivity index (χ1v) is 11.9.